The third kappa shape index (κ3) is 4.18. The van der Waals surface area contributed by atoms with Crippen molar-refractivity contribution in [3.05, 3.63) is 38.9 Å². The van der Waals surface area contributed by atoms with Crippen molar-refractivity contribution >= 4 is 28.8 Å². The molecule has 0 radical (unpaired) electrons. The van der Waals surface area contributed by atoms with Gasteiger partial charge in [0.2, 0.25) is 0 Å². The maximum Gasteiger partial charge on any atom is 0.134 e. The zero-order valence-corrected chi connectivity index (χ0v) is 13.0. The highest BCUT2D eigenvalue weighted by molar-refractivity contribution is 7.11. The highest BCUT2D eigenvalue weighted by atomic mass is 35.5. The minimum atomic E-state index is 0.314. The predicted molar refractivity (Wildman–Crippen MR) is 82.3 cm³/mol. The minimum Gasteiger partial charge on any atom is -0.367 e. The SMILES string of the molecule is CCc1nc(Cl)cc(NC(C)Cc2ccc(C)s2)n1. The van der Waals surface area contributed by atoms with Gasteiger partial charge in [-0.05, 0) is 26.0 Å². The molecule has 1 N–H and O–H groups in total. The second kappa shape index (κ2) is 6.35. The average molecular weight is 296 g/mol. The van der Waals surface area contributed by atoms with E-state index in [4.69, 9.17) is 11.6 Å². The van der Waals surface area contributed by atoms with Gasteiger partial charge in [-0.15, -0.1) is 11.3 Å². The molecule has 0 fully saturated rings. The van der Waals surface area contributed by atoms with Crippen LogP contribution in [0.4, 0.5) is 5.82 Å². The molecule has 2 aromatic rings. The lowest BCUT2D eigenvalue weighted by Gasteiger charge is -2.14. The number of aromatic nitrogens is 2. The van der Waals surface area contributed by atoms with Crippen molar-refractivity contribution in [2.75, 3.05) is 5.32 Å². The smallest absolute Gasteiger partial charge is 0.134 e. The molecule has 0 aliphatic rings. The number of hydrogen-bond donors (Lipinski definition) is 1. The van der Waals surface area contributed by atoms with Gasteiger partial charge in [-0.2, -0.15) is 0 Å². The number of thiophene rings is 1. The summed E-state index contributed by atoms with van der Waals surface area (Å²) >= 11 is 7.83. The zero-order valence-electron chi connectivity index (χ0n) is 11.4. The van der Waals surface area contributed by atoms with Crippen LogP contribution in [0.15, 0.2) is 18.2 Å². The molecule has 2 rings (SSSR count). The molecule has 0 amide bonds. The summed E-state index contributed by atoms with van der Waals surface area (Å²) in [6, 6.07) is 6.43. The largest absolute Gasteiger partial charge is 0.367 e. The summed E-state index contributed by atoms with van der Waals surface area (Å²) in [5.74, 6) is 1.58. The highest BCUT2D eigenvalue weighted by Gasteiger charge is 2.08. The summed E-state index contributed by atoms with van der Waals surface area (Å²) in [5, 5.41) is 3.88. The molecule has 2 aromatic heterocycles. The molecule has 3 nitrogen and oxygen atoms in total. The molecule has 0 bridgehead atoms. The summed E-state index contributed by atoms with van der Waals surface area (Å²) in [7, 11) is 0. The second-order valence-electron chi connectivity index (χ2n) is 4.61. The lowest BCUT2D eigenvalue weighted by atomic mass is 10.2. The van der Waals surface area contributed by atoms with Crippen molar-refractivity contribution in [3.63, 3.8) is 0 Å². The molecule has 0 aliphatic carbocycles. The van der Waals surface area contributed by atoms with Crippen molar-refractivity contribution in [2.24, 2.45) is 0 Å². The number of rotatable bonds is 5. The Hall–Kier alpha value is -1.13. The van der Waals surface area contributed by atoms with E-state index in [2.05, 4.69) is 41.3 Å². The molecule has 102 valence electrons. The summed E-state index contributed by atoms with van der Waals surface area (Å²) in [6.45, 7) is 6.30. The first-order valence-corrected chi connectivity index (χ1v) is 7.61. The van der Waals surface area contributed by atoms with Crippen molar-refractivity contribution in [1.29, 1.82) is 0 Å². The third-order valence-electron chi connectivity index (χ3n) is 2.76. The zero-order chi connectivity index (χ0) is 13.8. The molecule has 0 saturated carbocycles. The predicted octanol–water partition coefficient (Wildman–Crippen LogP) is 4.11. The second-order valence-corrected chi connectivity index (χ2v) is 6.37. The van der Waals surface area contributed by atoms with Gasteiger partial charge >= 0.3 is 0 Å². The molecule has 19 heavy (non-hydrogen) atoms. The van der Waals surface area contributed by atoms with Gasteiger partial charge in [0, 0.05) is 34.7 Å². The maximum absolute atomic E-state index is 5.99. The van der Waals surface area contributed by atoms with Gasteiger partial charge in [-0.25, -0.2) is 9.97 Å². The number of nitrogens with zero attached hydrogens (tertiary/aromatic N) is 2. The first kappa shape index (κ1) is 14.3. The van der Waals surface area contributed by atoms with E-state index in [9.17, 15) is 0 Å². The Labute approximate surface area is 123 Å². The fourth-order valence-corrected chi connectivity index (χ4v) is 3.12. The molecule has 2 heterocycles. The molecule has 1 atom stereocenters. The Kier molecular flexibility index (Phi) is 4.77. The first-order valence-electron chi connectivity index (χ1n) is 6.42. The molecular weight excluding hydrogens is 278 g/mol. The monoisotopic (exact) mass is 295 g/mol. The van der Waals surface area contributed by atoms with E-state index in [1.807, 2.05) is 18.3 Å². The van der Waals surface area contributed by atoms with Crippen LogP contribution in [0.25, 0.3) is 0 Å². The van der Waals surface area contributed by atoms with E-state index < -0.39 is 0 Å². The van der Waals surface area contributed by atoms with Crippen molar-refractivity contribution in [1.82, 2.24) is 9.97 Å². The molecule has 1 unspecified atom stereocenters. The fraction of sp³-hybridized carbons (Fsp3) is 0.429. The molecule has 0 saturated heterocycles. The summed E-state index contributed by atoms with van der Waals surface area (Å²) in [5.41, 5.74) is 0. The van der Waals surface area contributed by atoms with E-state index in [1.165, 1.54) is 9.75 Å². The maximum atomic E-state index is 5.99. The lowest BCUT2D eigenvalue weighted by molar-refractivity contribution is 0.788. The van der Waals surface area contributed by atoms with Crippen LogP contribution in [-0.2, 0) is 12.8 Å². The van der Waals surface area contributed by atoms with Crippen molar-refractivity contribution < 1.29 is 0 Å². The van der Waals surface area contributed by atoms with Crippen LogP contribution in [0, 0.1) is 6.92 Å². The molecule has 0 aromatic carbocycles. The highest BCUT2D eigenvalue weighted by Crippen LogP contribution is 2.19. The summed E-state index contributed by atoms with van der Waals surface area (Å²) in [4.78, 5) is 11.3. The van der Waals surface area contributed by atoms with Gasteiger partial charge in [0.1, 0.15) is 16.8 Å². The van der Waals surface area contributed by atoms with Gasteiger partial charge in [0.05, 0.1) is 0 Å². The van der Waals surface area contributed by atoms with Crippen LogP contribution < -0.4 is 5.32 Å². The van der Waals surface area contributed by atoms with E-state index in [1.54, 1.807) is 6.07 Å². The molecular formula is C14H18ClN3S. The quantitative estimate of drug-likeness (QED) is 0.844. The Bertz CT molecular complexity index is 553. The van der Waals surface area contributed by atoms with E-state index in [0.29, 0.717) is 11.2 Å². The van der Waals surface area contributed by atoms with E-state index >= 15 is 0 Å². The van der Waals surface area contributed by atoms with Crippen LogP contribution in [0.2, 0.25) is 5.15 Å². The Balaban J connectivity index is 2.02. The van der Waals surface area contributed by atoms with E-state index in [-0.39, 0.29) is 0 Å². The number of nitrogens with one attached hydrogen (secondary N) is 1. The van der Waals surface area contributed by atoms with Crippen LogP contribution in [0.1, 0.15) is 29.4 Å². The summed E-state index contributed by atoms with van der Waals surface area (Å²) < 4.78 is 0. The van der Waals surface area contributed by atoms with Gasteiger partial charge in [0.25, 0.3) is 0 Å². The fourth-order valence-electron chi connectivity index (χ4n) is 1.90. The first-order chi connectivity index (χ1) is 9.06. The van der Waals surface area contributed by atoms with Crippen LogP contribution in [0.5, 0.6) is 0 Å². The topological polar surface area (TPSA) is 37.8 Å². The van der Waals surface area contributed by atoms with Gasteiger partial charge in [-0.3, -0.25) is 0 Å². The van der Waals surface area contributed by atoms with Crippen LogP contribution in [-0.4, -0.2) is 16.0 Å². The van der Waals surface area contributed by atoms with E-state index in [0.717, 1.165) is 24.5 Å². The molecule has 5 heteroatoms. The molecule has 0 aliphatic heterocycles. The van der Waals surface area contributed by atoms with Gasteiger partial charge in [-0.1, -0.05) is 18.5 Å². The minimum absolute atomic E-state index is 0.314. The van der Waals surface area contributed by atoms with Crippen molar-refractivity contribution in [3.8, 4) is 0 Å². The van der Waals surface area contributed by atoms with Crippen molar-refractivity contribution in [2.45, 2.75) is 39.7 Å². The molecule has 0 spiro atoms. The number of hydrogen-bond acceptors (Lipinski definition) is 4. The number of aryl methyl sites for hydroxylation is 2. The standard InChI is InChI=1S/C14H18ClN3S/c1-4-13-17-12(15)8-14(18-13)16-9(2)7-11-6-5-10(3)19-11/h5-6,8-9H,4,7H2,1-3H3,(H,16,17,18). The average Bonchev–Trinajstić information content (AvgIpc) is 2.73. The lowest BCUT2D eigenvalue weighted by Crippen LogP contribution is -2.18. The summed E-state index contributed by atoms with van der Waals surface area (Å²) in [6.07, 6.45) is 1.77. The normalized spacial score (nSPS) is 12.4. The number of anilines is 1. The van der Waals surface area contributed by atoms with Crippen LogP contribution in [0.3, 0.4) is 0 Å². The Morgan fingerprint density at radius 2 is 2.16 bits per heavy atom. The van der Waals surface area contributed by atoms with Gasteiger partial charge < -0.3 is 5.32 Å². The number of halogens is 1. The van der Waals surface area contributed by atoms with Crippen LogP contribution >= 0.6 is 22.9 Å². The Morgan fingerprint density at radius 3 is 2.79 bits per heavy atom. The Morgan fingerprint density at radius 1 is 1.37 bits per heavy atom. The van der Waals surface area contributed by atoms with Gasteiger partial charge in [0.15, 0.2) is 0 Å². The third-order valence-corrected chi connectivity index (χ3v) is 3.97.